The van der Waals surface area contributed by atoms with Gasteiger partial charge in [0.05, 0.1) is 12.1 Å². The van der Waals surface area contributed by atoms with Crippen molar-refractivity contribution in [2.45, 2.75) is 13.5 Å². The first-order valence-electron chi connectivity index (χ1n) is 6.53. The normalized spacial score (nSPS) is 10.1. The minimum atomic E-state index is -1.02. The van der Waals surface area contributed by atoms with Crippen LogP contribution in [0.2, 0.25) is 0 Å². The van der Waals surface area contributed by atoms with Crippen molar-refractivity contribution in [3.8, 4) is 0 Å². The van der Waals surface area contributed by atoms with Crippen LogP contribution < -0.4 is 10.6 Å². The molecule has 1 heterocycles. The van der Waals surface area contributed by atoms with Gasteiger partial charge in [0, 0.05) is 17.8 Å². The zero-order valence-electron chi connectivity index (χ0n) is 11.6. The second kappa shape index (κ2) is 6.60. The van der Waals surface area contributed by atoms with Gasteiger partial charge in [-0.2, -0.15) is 0 Å². The van der Waals surface area contributed by atoms with Gasteiger partial charge in [-0.15, -0.1) is 0 Å². The lowest BCUT2D eigenvalue weighted by molar-refractivity contribution is 0.0696. The summed E-state index contributed by atoms with van der Waals surface area (Å²) in [6.07, 6.45) is 1.20. The Hall–Kier alpha value is -2.76. The van der Waals surface area contributed by atoms with Crippen LogP contribution in [-0.2, 0) is 6.54 Å². The average molecular weight is 288 g/mol. The Labute approximate surface area is 121 Å². The third-order valence-corrected chi connectivity index (χ3v) is 2.83. The zero-order valence-corrected chi connectivity index (χ0v) is 11.6. The van der Waals surface area contributed by atoms with E-state index in [1.54, 1.807) is 18.2 Å². The Bertz CT molecular complexity index is 649. The van der Waals surface area contributed by atoms with E-state index in [-0.39, 0.29) is 11.5 Å². The Kier molecular flexibility index (Phi) is 4.61. The van der Waals surface area contributed by atoms with Gasteiger partial charge in [0.1, 0.15) is 12.0 Å². The van der Waals surface area contributed by atoms with Crippen LogP contribution in [-0.4, -0.2) is 23.5 Å². The fourth-order valence-corrected chi connectivity index (χ4v) is 1.81. The predicted octanol–water partition coefficient (Wildman–Crippen LogP) is 2.34. The molecule has 0 radical (unpaired) electrons. The molecule has 6 heteroatoms. The van der Waals surface area contributed by atoms with Crippen molar-refractivity contribution in [1.29, 1.82) is 0 Å². The third kappa shape index (κ3) is 3.85. The van der Waals surface area contributed by atoms with Gasteiger partial charge < -0.3 is 20.2 Å². The van der Waals surface area contributed by atoms with Crippen LogP contribution in [0.3, 0.4) is 0 Å². The highest BCUT2D eigenvalue weighted by atomic mass is 16.4. The number of carbonyl (C=O) groups is 2. The molecule has 2 aromatic rings. The van der Waals surface area contributed by atoms with Gasteiger partial charge >= 0.3 is 5.97 Å². The van der Waals surface area contributed by atoms with E-state index < -0.39 is 5.97 Å². The van der Waals surface area contributed by atoms with Crippen molar-refractivity contribution in [3.05, 3.63) is 53.5 Å². The standard InChI is InChI=1S/C15H16N2O4/c1-2-16-14(18)10-4-3-5-12(6-10)17-8-13-7-11(9-21-13)15(19)20/h3-7,9,17H,2,8H2,1H3,(H,16,18)(H,19,20). The molecule has 0 saturated heterocycles. The molecular formula is C15H16N2O4. The van der Waals surface area contributed by atoms with Gasteiger partial charge in [-0.1, -0.05) is 6.07 Å². The number of aromatic carboxylic acids is 1. The highest BCUT2D eigenvalue weighted by Gasteiger charge is 2.08. The van der Waals surface area contributed by atoms with Gasteiger partial charge in [0.25, 0.3) is 5.91 Å². The lowest BCUT2D eigenvalue weighted by Crippen LogP contribution is -2.22. The van der Waals surface area contributed by atoms with Crippen molar-refractivity contribution in [2.75, 3.05) is 11.9 Å². The summed E-state index contributed by atoms with van der Waals surface area (Å²) < 4.78 is 5.14. The molecule has 1 aromatic heterocycles. The maximum Gasteiger partial charge on any atom is 0.338 e. The van der Waals surface area contributed by atoms with E-state index in [0.717, 1.165) is 5.69 Å². The second-order valence-corrected chi connectivity index (χ2v) is 4.40. The second-order valence-electron chi connectivity index (χ2n) is 4.40. The number of furan rings is 1. The summed E-state index contributed by atoms with van der Waals surface area (Å²) in [6, 6.07) is 8.52. The highest BCUT2D eigenvalue weighted by Crippen LogP contribution is 2.14. The fraction of sp³-hybridized carbons (Fsp3) is 0.200. The summed E-state index contributed by atoms with van der Waals surface area (Å²) >= 11 is 0. The number of nitrogens with one attached hydrogen (secondary N) is 2. The lowest BCUT2D eigenvalue weighted by Gasteiger charge is -2.07. The number of carboxylic acid groups (broad SMARTS) is 1. The molecule has 0 fully saturated rings. The van der Waals surface area contributed by atoms with E-state index in [9.17, 15) is 9.59 Å². The van der Waals surface area contributed by atoms with Crippen LogP contribution in [0.5, 0.6) is 0 Å². The molecule has 1 amide bonds. The summed E-state index contributed by atoms with van der Waals surface area (Å²) in [4.78, 5) is 22.5. The molecule has 0 bridgehead atoms. The molecule has 0 unspecified atom stereocenters. The van der Waals surface area contributed by atoms with Gasteiger partial charge in [0.2, 0.25) is 0 Å². The molecule has 0 aliphatic rings. The zero-order chi connectivity index (χ0) is 15.2. The van der Waals surface area contributed by atoms with Crippen LogP contribution in [0.25, 0.3) is 0 Å². The molecule has 110 valence electrons. The molecule has 2 rings (SSSR count). The fourth-order valence-electron chi connectivity index (χ4n) is 1.81. The highest BCUT2D eigenvalue weighted by molar-refractivity contribution is 5.95. The summed E-state index contributed by atoms with van der Waals surface area (Å²) in [5.74, 6) is -0.647. The third-order valence-electron chi connectivity index (χ3n) is 2.83. The SMILES string of the molecule is CCNC(=O)c1cccc(NCc2cc(C(=O)O)co2)c1. The van der Waals surface area contributed by atoms with Gasteiger partial charge in [-0.3, -0.25) is 4.79 Å². The Morgan fingerprint density at radius 3 is 2.71 bits per heavy atom. The summed E-state index contributed by atoms with van der Waals surface area (Å²) in [5.41, 5.74) is 1.43. The van der Waals surface area contributed by atoms with Crippen LogP contribution in [0.4, 0.5) is 5.69 Å². The van der Waals surface area contributed by atoms with Crippen molar-refractivity contribution in [1.82, 2.24) is 5.32 Å². The quantitative estimate of drug-likeness (QED) is 0.759. The Morgan fingerprint density at radius 2 is 2.05 bits per heavy atom. The van der Waals surface area contributed by atoms with E-state index in [1.807, 2.05) is 13.0 Å². The van der Waals surface area contributed by atoms with Gasteiger partial charge in [-0.25, -0.2) is 4.79 Å². The number of anilines is 1. The molecule has 21 heavy (non-hydrogen) atoms. The largest absolute Gasteiger partial charge is 0.478 e. The maximum atomic E-state index is 11.7. The van der Waals surface area contributed by atoms with Crippen LogP contribution in [0, 0.1) is 0 Å². The molecular weight excluding hydrogens is 272 g/mol. The number of carboxylic acids is 1. The average Bonchev–Trinajstić information content (AvgIpc) is 2.95. The molecule has 0 aliphatic heterocycles. The summed E-state index contributed by atoms with van der Waals surface area (Å²) in [7, 11) is 0. The Balaban J connectivity index is 2.01. The molecule has 1 aromatic carbocycles. The monoisotopic (exact) mass is 288 g/mol. The number of hydrogen-bond acceptors (Lipinski definition) is 4. The van der Waals surface area contributed by atoms with E-state index in [1.165, 1.54) is 12.3 Å². The minimum Gasteiger partial charge on any atom is -0.478 e. The molecule has 3 N–H and O–H groups in total. The first-order valence-corrected chi connectivity index (χ1v) is 6.53. The molecule has 0 atom stereocenters. The van der Waals surface area contributed by atoms with Crippen molar-refractivity contribution in [2.24, 2.45) is 0 Å². The molecule has 6 nitrogen and oxygen atoms in total. The number of benzene rings is 1. The minimum absolute atomic E-state index is 0.114. The molecule has 0 spiro atoms. The van der Waals surface area contributed by atoms with E-state index >= 15 is 0 Å². The number of carbonyl (C=O) groups excluding carboxylic acids is 1. The first-order chi connectivity index (χ1) is 10.1. The molecule has 0 saturated carbocycles. The van der Waals surface area contributed by atoms with Crippen molar-refractivity contribution >= 4 is 17.6 Å². The number of amides is 1. The van der Waals surface area contributed by atoms with Gasteiger partial charge in [0.15, 0.2) is 0 Å². The van der Waals surface area contributed by atoms with Crippen LogP contribution in [0.15, 0.2) is 41.0 Å². The summed E-state index contributed by atoms with van der Waals surface area (Å²) in [5, 5.41) is 14.6. The van der Waals surface area contributed by atoms with Crippen molar-refractivity contribution < 1.29 is 19.1 Å². The molecule has 0 aliphatic carbocycles. The lowest BCUT2D eigenvalue weighted by atomic mass is 10.2. The topological polar surface area (TPSA) is 91.6 Å². The van der Waals surface area contributed by atoms with E-state index in [2.05, 4.69) is 10.6 Å². The van der Waals surface area contributed by atoms with E-state index in [4.69, 9.17) is 9.52 Å². The van der Waals surface area contributed by atoms with Crippen molar-refractivity contribution in [3.63, 3.8) is 0 Å². The van der Waals surface area contributed by atoms with Gasteiger partial charge in [-0.05, 0) is 31.2 Å². The van der Waals surface area contributed by atoms with E-state index in [0.29, 0.717) is 24.4 Å². The summed E-state index contributed by atoms with van der Waals surface area (Å²) in [6.45, 7) is 2.77. The Morgan fingerprint density at radius 1 is 1.24 bits per heavy atom. The maximum absolute atomic E-state index is 11.7. The van der Waals surface area contributed by atoms with Crippen LogP contribution in [0.1, 0.15) is 33.4 Å². The number of rotatable bonds is 6. The first kappa shape index (κ1) is 14.6. The smallest absolute Gasteiger partial charge is 0.338 e. The van der Waals surface area contributed by atoms with Crippen LogP contribution >= 0.6 is 0 Å². The predicted molar refractivity (Wildman–Crippen MR) is 77.4 cm³/mol. The number of hydrogen-bond donors (Lipinski definition) is 3.